The average Bonchev–Trinajstić information content (AvgIpc) is 2.99. The molecule has 0 spiro atoms. The first-order valence-electron chi connectivity index (χ1n) is 15.9. The number of hydrogen-bond donors (Lipinski definition) is 0. The van der Waals surface area contributed by atoms with Gasteiger partial charge in [-0.05, 0) is 59.4 Å². The van der Waals surface area contributed by atoms with Crippen LogP contribution >= 0.6 is 0 Å². The van der Waals surface area contributed by atoms with Crippen LogP contribution in [-0.4, -0.2) is 47.8 Å². The number of benzene rings is 2. The zero-order valence-electron chi connectivity index (χ0n) is 27.3. The Kier molecular flexibility index (Phi) is 12.8. The topological polar surface area (TPSA) is 44.8 Å². The van der Waals surface area contributed by atoms with Gasteiger partial charge >= 0.3 is 0 Å². The van der Waals surface area contributed by atoms with Crippen molar-refractivity contribution in [1.29, 1.82) is 0 Å². The minimum Gasteiger partial charge on any atom is -0.413 e. The van der Waals surface area contributed by atoms with Crippen LogP contribution in [0.25, 0.3) is 0 Å². The van der Waals surface area contributed by atoms with Crippen LogP contribution in [0, 0.1) is 5.92 Å². The summed E-state index contributed by atoms with van der Waals surface area (Å²) in [4.78, 5) is 10.9. The van der Waals surface area contributed by atoms with Gasteiger partial charge in [0.15, 0.2) is 8.32 Å². The highest BCUT2D eigenvalue weighted by molar-refractivity contribution is 6.99. The van der Waals surface area contributed by atoms with Crippen molar-refractivity contribution >= 4 is 33.3 Å². The van der Waals surface area contributed by atoms with Gasteiger partial charge in [0.2, 0.25) is 0 Å². The van der Waals surface area contributed by atoms with Gasteiger partial charge in [-0.3, -0.25) is 4.79 Å². The van der Waals surface area contributed by atoms with Gasteiger partial charge in [0.1, 0.15) is 6.29 Å². The van der Waals surface area contributed by atoms with Gasteiger partial charge in [-0.2, -0.15) is 0 Å². The number of carbonyl (C=O) groups is 1. The maximum atomic E-state index is 10.9. The Morgan fingerprint density at radius 1 is 0.952 bits per heavy atom. The predicted octanol–water partition coefficient (Wildman–Crippen LogP) is 7.84. The Balaban J connectivity index is 1.93. The smallest absolute Gasteiger partial charge is 0.261 e. The molecule has 1 fully saturated rings. The van der Waals surface area contributed by atoms with Crippen LogP contribution < -0.4 is 10.4 Å². The molecule has 1 aliphatic heterocycles. The molecule has 0 aliphatic carbocycles. The maximum absolute atomic E-state index is 10.9. The van der Waals surface area contributed by atoms with E-state index in [0.29, 0.717) is 13.0 Å². The van der Waals surface area contributed by atoms with Gasteiger partial charge in [-0.1, -0.05) is 127 Å². The fourth-order valence-corrected chi connectivity index (χ4v) is 14.1. The summed E-state index contributed by atoms with van der Waals surface area (Å²) in [6, 6.07) is 25.0. The number of aldehydes is 1. The molecular formula is C36H54O4Si2. The summed E-state index contributed by atoms with van der Waals surface area (Å²) in [5.41, 5.74) is 1.17. The van der Waals surface area contributed by atoms with Gasteiger partial charge in [0.05, 0.1) is 24.9 Å². The first-order chi connectivity index (χ1) is 20.1. The molecule has 4 nitrogen and oxygen atoms in total. The lowest BCUT2D eigenvalue weighted by atomic mass is 9.88. The monoisotopic (exact) mass is 606 g/mol. The molecule has 42 heavy (non-hydrogen) atoms. The lowest BCUT2D eigenvalue weighted by Gasteiger charge is -2.44. The van der Waals surface area contributed by atoms with E-state index in [-0.39, 0.29) is 29.3 Å². The zero-order valence-corrected chi connectivity index (χ0v) is 29.3. The summed E-state index contributed by atoms with van der Waals surface area (Å²) in [5.74, 6) is 0.232. The molecule has 0 aromatic heterocycles. The lowest BCUT2D eigenvalue weighted by molar-refractivity contribution is -0.105. The number of ether oxygens (including phenoxy) is 1. The number of hydrogen-bond acceptors (Lipinski definition) is 4. The average molecular weight is 607 g/mol. The molecule has 230 valence electrons. The van der Waals surface area contributed by atoms with Crippen LogP contribution in [0.3, 0.4) is 0 Å². The van der Waals surface area contributed by atoms with Gasteiger partial charge in [-0.25, -0.2) is 0 Å². The first kappa shape index (κ1) is 34.4. The van der Waals surface area contributed by atoms with E-state index in [1.807, 2.05) is 6.08 Å². The summed E-state index contributed by atoms with van der Waals surface area (Å²) >= 11 is 0. The van der Waals surface area contributed by atoms with E-state index in [1.54, 1.807) is 6.08 Å². The highest BCUT2D eigenvalue weighted by atomic mass is 28.4. The molecule has 0 unspecified atom stereocenters. The highest BCUT2D eigenvalue weighted by Gasteiger charge is 2.50. The summed E-state index contributed by atoms with van der Waals surface area (Å²) in [5, 5.41) is 2.50. The molecule has 0 bridgehead atoms. The molecule has 2 aromatic carbocycles. The van der Waals surface area contributed by atoms with Gasteiger partial charge in [-0.15, -0.1) is 0 Å². The molecule has 1 saturated heterocycles. The molecule has 2 aromatic rings. The standard InChI is InChI=1S/C36H54O4Si2/c1-9-41(10-2,11-3)40-35-27-31(20-18-19-25-37)39-34(30(35)5)26-29(4)28-38-42(36(6,7)8,32-21-14-12-15-22-32)33-23-16-13-17-24-33/h12-19,21-26,30-31,34-35H,9-11,20,27-28H2,1-8H3/b19-18+,29-26-/t30-,31-,34+,35-/m0/s1. The maximum Gasteiger partial charge on any atom is 0.261 e. The fraction of sp³-hybridized carbons (Fsp3) is 0.528. The summed E-state index contributed by atoms with van der Waals surface area (Å²) < 4.78 is 21.0. The van der Waals surface area contributed by atoms with Gasteiger partial charge in [0.25, 0.3) is 8.32 Å². The Hall–Kier alpha value is -2.10. The Labute approximate surface area is 257 Å². The van der Waals surface area contributed by atoms with Crippen molar-refractivity contribution in [3.05, 3.63) is 84.5 Å². The minimum atomic E-state index is -2.63. The van der Waals surface area contributed by atoms with Crippen molar-refractivity contribution in [2.75, 3.05) is 6.61 Å². The van der Waals surface area contributed by atoms with Crippen molar-refractivity contribution in [3.8, 4) is 0 Å². The van der Waals surface area contributed by atoms with Crippen molar-refractivity contribution in [1.82, 2.24) is 0 Å². The Morgan fingerprint density at radius 3 is 1.98 bits per heavy atom. The van der Waals surface area contributed by atoms with Crippen LogP contribution in [-0.2, 0) is 18.4 Å². The van der Waals surface area contributed by atoms with E-state index in [1.165, 1.54) is 15.9 Å². The van der Waals surface area contributed by atoms with E-state index in [2.05, 4.69) is 122 Å². The fourth-order valence-electron chi connectivity index (χ4n) is 6.50. The number of allylic oxidation sites excluding steroid dienone is 1. The second kappa shape index (κ2) is 15.6. The summed E-state index contributed by atoms with van der Waals surface area (Å²) in [7, 11) is -4.42. The second-order valence-corrected chi connectivity index (χ2v) is 22.0. The Bertz CT molecular complexity index is 1100. The van der Waals surface area contributed by atoms with E-state index < -0.39 is 16.6 Å². The summed E-state index contributed by atoms with van der Waals surface area (Å²) in [6.45, 7) is 18.8. The SMILES string of the molecule is CC[Si](CC)(CC)O[C@H]1C[C@H](C/C=C/C=O)O[C@H](/C=C(/C)CO[Si](c2ccccc2)(c2ccccc2)C(C)(C)C)[C@@H]1C. The molecular weight excluding hydrogens is 553 g/mol. The lowest BCUT2D eigenvalue weighted by Crippen LogP contribution is -2.66. The van der Waals surface area contributed by atoms with Gasteiger partial charge < -0.3 is 13.6 Å². The van der Waals surface area contributed by atoms with Crippen LogP contribution in [0.4, 0.5) is 0 Å². The quantitative estimate of drug-likeness (QED) is 0.0951. The number of rotatable bonds is 14. The molecule has 0 N–H and O–H groups in total. The van der Waals surface area contributed by atoms with E-state index in [9.17, 15) is 4.79 Å². The zero-order chi connectivity index (χ0) is 30.8. The third-order valence-corrected chi connectivity index (χ3v) is 18.9. The van der Waals surface area contributed by atoms with Gasteiger partial charge in [0, 0.05) is 5.92 Å². The molecule has 4 atom stereocenters. The Morgan fingerprint density at radius 2 is 1.50 bits per heavy atom. The second-order valence-electron chi connectivity index (χ2n) is 13.0. The van der Waals surface area contributed by atoms with Crippen molar-refractivity contribution < 1.29 is 18.4 Å². The van der Waals surface area contributed by atoms with Crippen molar-refractivity contribution in [3.63, 3.8) is 0 Å². The molecule has 3 rings (SSSR count). The third kappa shape index (κ3) is 8.09. The van der Waals surface area contributed by atoms with Crippen LogP contribution in [0.15, 0.2) is 84.5 Å². The molecule has 0 radical (unpaired) electrons. The largest absolute Gasteiger partial charge is 0.413 e. The molecule has 6 heteroatoms. The molecule has 1 aliphatic rings. The molecule has 0 amide bonds. The number of carbonyl (C=O) groups excluding carboxylic acids is 1. The highest BCUT2D eigenvalue weighted by Crippen LogP contribution is 2.38. The molecule has 1 heterocycles. The van der Waals surface area contributed by atoms with E-state index in [4.69, 9.17) is 13.6 Å². The third-order valence-electron chi connectivity index (χ3n) is 9.28. The van der Waals surface area contributed by atoms with Crippen LogP contribution in [0.5, 0.6) is 0 Å². The van der Waals surface area contributed by atoms with Crippen molar-refractivity contribution in [2.45, 2.75) is 110 Å². The minimum absolute atomic E-state index is 0.0197. The van der Waals surface area contributed by atoms with Crippen molar-refractivity contribution in [2.24, 2.45) is 5.92 Å². The molecule has 0 saturated carbocycles. The summed E-state index contributed by atoms with van der Waals surface area (Å²) in [6.07, 6.45) is 8.29. The van der Waals surface area contributed by atoms with Crippen LogP contribution in [0.2, 0.25) is 23.2 Å². The van der Waals surface area contributed by atoms with E-state index >= 15 is 0 Å². The normalized spacial score (nSPS) is 22.4. The van der Waals surface area contributed by atoms with E-state index in [0.717, 1.165) is 30.8 Å². The predicted molar refractivity (Wildman–Crippen MR) is 182 cm³/mol. The van der Waals surface area contributed by atoms with Crippen LogP contribution in [0.1, 0.15) is 68.2 Å². The first-order valence-corrected chi connectivity index (χ1v) is 20.4.